The summed E-state index contributed by atoms with van der Waals surface area (Å²) < 4.78 is 0. The van der Waals surface area contributed by atoms with Crippen LogP contribution in [0.5, 0.6) is 0 Å². The largest absolute Gasteiger partial charge is 0.503 e. The monoisotopic (exact) mass is 417 g/mol. The predicted molar refractivity (Wildman–Crippen MR) is 124 cm³/mol. The van der Waals surface area contributed by atoms with Crippen molar-refractivity contribution < 1.29 is 14.7 Å². The van der Waals surface area contributed by atoms with Crippen LogP contribution < -0.4 is 0 Å². The molecule has 162 valence electrons. The summed E-state index contributed by atoms with van der Waals surface area (Å²) in [6.45, 7) is 2.71. The van der Waals surface area contributed by atoms with Crippen molar-refractivity contribution >= 4 is 17.8 Å². The zero-order valence-electron chi connectivity index (χ0n) is 18.2. The Bertz CT molecular complexity index is 931. The number of rotatable bonds is 11. The van der Waals surface area contributed by atoms with Gasteiger partial charge >= 0.3 is 0 Å². The number of carbonyl (C=O) groups is 2. The van der Waals surface area contributed by atoms with E-state index in [4.69, 9.17) is 0 Å². The highest BCUT2D eigenvalue weighted by Crippen LogP contribution is 2.38. The van der Waals surface area contributed by atoms with Gasteiger partial charge in [0.25, 0.3) is 5.91 Å². The summed E-state index contributed by atoms with van der Waals surface area (Å²) in [4.78, 5) is 27.6. The number of aliphatic hydroxyl groups excluding tert-OH is 1. The van der Waals surface area contributed by atoms with Crippen LogP contribution in [-0.4, -0.2) is 28.2 Å². The lowest BCUT2D eigenvalue weighted by Gasteiger charge is -2.26. The summed E-state index contributed by atoms with van der Waals surface area (Å²) in [5.41, 5.74) is 1.89. The maximum absolute atomic E-state index is 13.1. The van der Waals surface area contributed by atoms with E-state index in [1.165, 1.54) is 25.3 Å². The Morgan fingerprint density at radius 2 is 1.55 bits per heavy atom. The zero-order chi connectivity index (χ0) is 22.1. The van der Waals surface area contributed by atoms with Gasteiger partial charge in [0.15, 0.2) is 11.5 Å². The van der Waals surface area contributed by atoms with Crippen molar-refractivity contribution in [2.75, 3.05) is 6.54 Å². The normalized spacial score (nSPS) is 16.5. The first kappa shape index (κ1) is 22.5. The molecule has 2 aromatic carbocycles. The van der Waals surface area contributed by atoms with E-state index >= 15 is 0 Å². The average molecular weight is 418 g/mol. The fraction of sp³-hybridized carbons (Fsp3) is 0.333. The second-order valence-electron chi connectivity index (χ2n) is 7.95. The minimum Gasteiger partial charge on any atom is -0.503 e. The molecule has 31 heavy (non-hydrogen) atoms. The van der Waals surface area contributed by atoms with Gasteiger partial charge in [0.05, 0.1) is 11.6 Å². The van der Waals surface area contributed by atoms with Crippen LogP contribution in [0.1, 0.15) is 62.6 Å². The van der Waals surface area contributed by atoms with Gasteiger partial charge in [0.1, 0.15) is 0 Å². The smallest absolute Gasteiger partial charge is 0.290 e. The van der Waals surface area contributed by atoms with Crippen LogP contribution in [0.3, 0.4) is 0 Å². The summed E-state index contributed by atoms with van der Waals surface area (Å²) in [5, 5.41) is 10.6. The van der Waals surface area contributed by atoms with E-state index in [9.17, 15) is 14.7 Å². The number of ketones is 1. The molecule has 3 rings (SSSR count). The molecule has 0 saturated heterocycles. The molecule has 1 aliphatic rings. The maximum atomic E-state index is 13.1. The second-order valence-corrected chi connectivity index (χ2v) is 7.95. The van der Waals surface area contributed by atoms with Crippen molar-refractivity contribution in [3.05, 3.63) is 89.2 Å². The van der Waals surface area contributed by atoms with Gasteiger partial charge in [0.2, 0.25) is 0 Å². The van der Waals surface area contributed by atoms with Gasteiger partial charge in [-0.3, -0.25) is 9.59 Å². The maximum Gasteiger partial charge on any atom is 0.290 e. The molecule has 0 aromatic heterocycles. The second kappa shape index (κ2) is 11.3. The summed E-state index contributed by atoms with van der Waals surface area (Å²) in [6.07, 6.45) is 9.80. The van der Waals surface area contributed by atoms with E-state index in [0.29, 0.717) is 6.54 Å². The fourth-order valence-corrected chi connectivity index (χ4v) is 4.01. The standard InChI is InChI=1S/C27H31NO3/c1-2-3-4-5-6-13-20-28-25(22-16-11-8-12-17-22)24(26(30)27(28)31)23(29)19-18-21-14-9-7-10-15-21/h7-12,14-19,25,30H,2-6,13,20H2,1H3. The van der Waals surface area contributed by atoms with Crippen molar-refractivity contribution in [3.63, 3.8) is 0 Å². The lowest BCUT2D eigenvalue weighted by atomic mass is 9.95. The zero-order valence-corrected chi connectivity index (χ0v) is 18.2. The summed E-state index contributed by atoms with van der Waals surface area (Å²) >= 11 is 0. The van der Waals surface area contributed by atoms with Gasteiger partial charge in [-0.1, -0.05) is 106 Å². The number of hydrogen-bond acceptors (Lipinski definition) is 3. The number of aliphatic hydroxyl groups is 1. The third kappa shape index (κ3) is 5.72. The molecule has 0 fully saturated rings. The van der Waals surface area contributed by atoms with E-state index in [1.807, 2.05) is 60.7 Å². The number of hydrogen-bond donors (Lipinski definition) is 1. The molecule has 0 spiro atoms. The Labute approximate surface area is 184 Å². The van der Waals surface area contributed by atoms with Gasteiger partial charge in [-0.05, 0) is 23.6 Å². The molecule has 4 nitrogen and oxygen atoms in total. The number of benzene rings is 2. The molecule has 2 aromatic rings. The molecular weight excluding hydrogens is 386 g/mol. The molecule has 0 saturated carbocycles. The molecule has 1 N–H and O–H groups in total. The van der Waals surface area contributed by atoms with E-state index in [-0.39, 0.29) is 11.4 Å². The summed E-state index contributed by atoms with van der Waals surface area (Å²) in [6, 6.07) is 18.4. The minimum atomic E-state index is -0.558. The first-order chi connectivity index (χ1) is 15.1. The third-order valence-electron chi connectivity index (χ3n) is 5.66. The van der Waals surface area contributed by atoms with Crippen molar-refractivity contribution in [2.45, 2.75) is 51.5 Å². The Morgan fingerprint density at radius 3 is 2.23 bits per heavy atom. The summed E-state index contributed by atoms with van der Waals surface area (Å²) in [7, 11) is 0. The highest BCUT2D eigenvalue weighted by atomic mass is 16.3. The number of allylic oxidation sites excluding steroid dienone is 1. The molecule has 1 atom stereocenters. The van der Waals surface area contributed by atoms with Crippen molar-refractivity contribution in [1.82, 2.24) is 4.90 Å². The van der Waals surface area contributed by atoms with E-state index in [2.05, 4.69) is 6.92 Å². The lowest BCUT2D eigenvalue weighted by Crippen LogP contribution is -2.32. The van der Waals surface area contributed by atoms with Crippen LogP contribution in [0.15, 0.2) is 78.1 Å². The topological polar surface area (TPSA) is 57.6 Å². The van der Waals surface area contributed by atoms with Crippen LogP contribution in [0.2, 0.25) is 0 Å². The molecule has 4 heteroatoms. The van der Waals surface area contributed by atoms with E-state index in [0.717, 1.165) is 30.4 Å². The van der Waals surface area contributed by atoms with E-state index < -0.39 is 17.7 Å². The highest BCUT2D eigenvalue weighted by molar-refractivity contribution is 6.14. The van der Waals surface area contributed by atoms with Gasteiger partial charge in [-0.15, -0.1) is 0 Å². The van der Waals surface area contributed by atoms with Gasteiger partial charge in [-0.25, -0.2) is 0 Å². The molecule has 1 aliphatic heterocycles. The van der Waals surface area contributed by atoms with Gasteiger partial charge in [0, 0.05) is 6.54 Å². The van der Waals surface area contributed by atoms with Crippen LogP contribution in [-0.2, 0) is 9.59 Å². The number of carbonyl (C=O) groups excluding carboxylic acids is 2. The third-order valence-corrected chi connectivity index (χ3v) is 5.66. The highest BCUT2D eigenvalue weighted by Gasteiger charge is 2.42. The van der Waals surface area contributed by atoms with Gasteiger partial charge < -0.3 is 10.0 Å². The average Bonchev–Trinajstić information content (AvgIpc) is 3.06. The predicted octanol–water partition coefficient (Wildman–Crippen LogP) is 6.03. The van der Waals surface area contributed by atoms with Crippen molar-refractivity contribution in [3.8, 4) is 0 Å². The van der Waals surface area contributed by atoms with E-state index in [1.54, 1.807) is 11.0 Å². The lowest BCUT2D eigenvalue weighted by molar-refractivity contribution is -0.129. The van der Waals surface area contributed by atoms with Crippen LogP contribution in [0.25, 0.3) is 6.08 Å². The molecule has 1 amide bonds. The molecule has 0 bridgehead atoms. The Kier molecular flexibility index (Phi) is 8.22. The first-order valence-corrected chi connectivity index (χ1v) is 11.2. The fourth-order valence-electron chi connectivity index (χ4n) is 4.01. The van der Waals surface area contributed by atoms with Crippen LogP contribution >= 0.6 is 0 Å². The van der Waals surface area contributed by atoms with Crippen molar-refractivity contribution in [2.24, 2.45) is 0 Å². The first-order valence-electron chi connectivity index (χ1n) is 11.2. The molecule has 1 unspecified atom stereocenters. The number of unbranched alkanes of at least 4 members (excludes halogenated alkanes) is 5. The number of amides is 1. The Balaban J connectivity index is 1.80. The molecule has 0 radical (unpaired) electrons. The Hall–Kier alpha value is -3.14. The molecular formula is C27H31NO3. The van der Waals surface area contributed by atoms with Crippen LogP contribution in [0.4, 0.5) is 0 Å². The minimum absolute atomic E-state index is 0.161. The molecule has 1 heterocycles. The Morgan fingerprint density at radius 1 is 0.935 bits per heavy atom. The SMILES string of the molecule is CCCCCCCCN1C(=O)C(O)=C(C(=O)C=Cc2ccccc2)C1c1ccccc1. The number of nitrogens with zero attached hydrogens (tertiary/aromatic N) is 1. The summed E-state index contributed by atoms with van der Waals surface area (Å²) in [5.74, 6) is -1.23. The van der Waals surface area contributed by atoms with Gasteiger partial charge in [-0.2, -0.15) is 0 Å². The molecule has 0 aliphatic carbocycles. The van der Waals surface area contributed by atoms with Crippen LogP contribution in [0, 0.1) is 0 Å². The quantitative estimate of drug-likeness (QED) is 0.359. The van der Waals surface area contributed by atoms with Crippen molar-refractivity contribution in [1.29, 1.82) is 0 Å².